The van der Waals surface area contributed by atoms with Crippen molar-refractivity contribution >= 4 is 34.1 Å². The standard InChI is InChI=1S/C15H9Cl2F3N6/c1-25-10-7(2-3-8(16)9(10)17)11(26-5-4-21-6-26)12(25)13-22-14(24-23-13)15(18,19)20/h2-6H,1H3,(H,22,23,24). The van der Waals surface area contributed by atoms with Crippen LogP contribution in [0.1, 0.15) is 5.82 Å². The second kappa shape index (κ2) is 5.75. The van der Waals surface area contributed by atoms with Crippen LogP contribution in [0.2, 0.25) is 10.0 Å². The SMILES string of the molecule is Cn1c(-c2nnc(C(F)(F)F)[nH]2)c(-n2ccnc2)c2ccc(Cl)c(Cl)c21. The lowest BCUT2D eigenvalue weighted by Crippen LogP contribution is -2.07. The number of fused-ring (bicyclic) bond motifs is 1. The Labute approximate surface area is 154 Å². The number of hydrogen-bond acceptors (Lipinski definition) is 3. The van der Waals surface area contributed by atoms with E-state index >= 15 is 0 Å². The molecule has 0 fully saturated rings. The Balaban J connectivity index is 2.08. The van der Waals surface area contributed by atoms with Gasteiger partial charge in [-0.1, -0.05) is 23.2 Å². The van der Waals surface area contributed by atoms with E-state index in [1.54, 1.807) is 40.7 Å². The third kappa shape index (κ3) is 2.46. The molecule has 0 aliphatic rings. The van der Waals surface area contributed by atoms with E-state index in [-0.39, 0.29) is 10.8 Å². The zero-order valence-corrected chi connectivity index (χ0v) is 14.5. The van der Waals surface area contributed by atoms with E-state index in [1.807, 2.05) is 0 Å². The Morgan fingerprint density at radius 1 is 1.15 bits per heavy atom. The predicted molar refractivity (Wildman–Crippen MR) is 90.4 cm³/mol. The summed E-state index contributed by atoms with van der Waals surface area (Å²) in [6, 6.07) is 3.36. The molecule has 0 bridgehead atoms. The number of benzene rings is 1. The summed E-state index contributed by atoms with van der Waals surface area (Å²) in [6.07, 6.45) is 0.122. The normalized spacial score (nSPS) is 12.2. The number of hydrogen-bond donors (Lipinski definition) is 1. The maximum Gasteiger partial charge on any atom is 0.451 e. The highest BCUT2D eigenvalue weighted by Gasteiger charge is 2.36. The summed E-state index contributed by atoms with van der Waals surface area (Å²) in [7, 11) is 1.66. The minimum atomic E-state index is -4.63. The van der Waals surface area contributed by atoms with Gasteiger partial charge in [-0.2, -0.15) is 13.2 Å². The first kappa shape index (κ1) is 16.9. The second-order valence-corrected chi connectivity index (χ2v) is 6.29. The van der Waals surface area contributed by atoms with E-state index in [1.165, 1.54) is 6.33 Å². The molecule has 4 rings (SSSR count). The molecule has 0 atom stereocenters. The Kier molecular flexibility index (Phi) is 3.74. The monoisotopic (exact) mass is 400 g/mol. The zero-order valence-electron chi connectivity index (χ0n) is 13.0. The molecule has 6 nitrogen and oxygen atoms in total. The maximum absolute atomic E-state index is 12.9. The molecular formula is C15H9Cl2F3N6. The van der Waals surface area contributed by atoms with Crippen LogP contribution in [-0.2, 0) is 13.2 Å². The van der Waals surface area contributed by atoms with Gasteiger partial charge in [0.1, 0.15) is 5.69 Å². The summed E-state index contributed by atoms with van der Waals surface area (Å²) in [4.78, 5) is 6.23. The highest BCUT2D eigenvalue weighted by Crippen LogP contribution is 2.40. The van der Waals surface area contributed by atoms with Crippen LogP contribution in [0.5, 0.6) is 0 Å². The lowest BCUT2D eigenvalue weighted by Gasteiger charge is -2.06. The Morgan fingerprint density at radius 2 is 1.92 bits per heavy atom. The van der Waals surface area contributed by atoms with Crippen LogP contribution in [0, 0.1) is 0 Å². The molecule has 0 saturated heterocycles. The number of halogens is 5. The first-order valence-corrected chi connectivity index (χ1v) is 7.99. The van der Waals surface area contributed by atoms with Crippen LogP contribution < -0.4 is 0 Å². The van der Waals surface area contributed by atoms with E-state index in [9.17, 15) is 13.2 Å². The number of H-pyrrole nitrogens is 1. The molecule has 1 N–H and O–H groups in total. The fraction of sp³-hybridized carbons (Fsp3) is 0.133. The van der Waals surface area contributed by atoms with Crippen molar-refractivity contribution < 1.29 is 13.2 Å². The van der Waals surface area contributed by atoms with Gasteiger partial charge in [0.25, 0.3) is 0 Å². The molecule has 0 spiro atoms. The van der Waals surface area contributed by atoms with Crippen LogP contribution >= 0.6 is 23.2 Å². The van der Waals surface area contributed by atoms with Gasteiger partial charge < -0.3 is 14.1 Å². The number of nitrogens with zero attached hydrogens (tertiary/aromatic N) is 5. The lowest BCUT2D eigenvalue weighted by atomic mass is 10.2. The Hall–Kier alpha value is -2.52. The van der Waals surface area contributed by atoms with Crippen LogP contribution in [0.3, 0.4) is 0 Å². The molecule has 0 saturated carbocycles. The number of nitrogens with one attached hydrogen (secondary N) is 1. The van der Waals surface area contributed by atoms with Crippen molar-refractivity contribution in [3.05, 3.63) is 46.7 Å². The number of aromatic amines is 1. The average molecular weight is 401 g/mol. The molecule has 0 aliphatic carbocycles. The molecule has 11 heteroatoms. The second-order valence-electron chi connectivity index (χ2n) is 5.50. The van der Waals surface area contributed by atoms with Gasteiger partial charge in [0.15, 0.2) is 5.82 Å². The van der Waals surface area contributed by atoms with Crippen molar-refractivity contribution in [1.82, 2.24) is 29.3 Å². The molecule has 0 aliphatic heterocycles. The molecule has 0 unspecified atom stereocenters. The summed E-state index contributed by atoms with van der Waals surface area (Å²) in [5.74, 6) is -1.23. The number of aromatic nitrogens is 6. The van der Waals surface area contributed by atoms with Gasteiger partial charge in [0, 0.05) is 24.8 Å². The van der Waals surface area contributed by atoms with Crippen molar-refractivity contribution in [2.75, 3.05) is 0 Å². The number of imidazole rings is 1. The summed E-state index contributed by atoms with van der Waals surface area (Å²) < 4.78 is 42.0. The van der Waals surface area contributed by atoms with Gasteiger partial charge in [0.05, 0.1) is 27.6 Å². The minimum Gasteiger partial charge on any atom is -0.338 e. The van der Waals surface area contributed by atoms with Crippen molar-refractivity contribution in [1.29, 1.82) is 0 Å². The smallest absolute Gasteiger partial charge is 0.338 e. The molecule has 3 heterocycles. The summed E-state index contributed by atoms with van der Waals surface area (Å²) in [5.41, 5.74) is 1.48. The predicted octanol–water partition coefficient (Wildman–Crippen LogP) is 4.47. The molecule has 0 radical (unpaired) electrons. The average Bonchev–Trinajstić information content (AvgIpc) is 3.29. The van der Waals surface area contributed by atoms with E-state index in [2.05, 4.69) is 20.2 Å². The van der Waals surface area contributed by atoms with Crippen molar-refractivity contribution in [2.45, 2.75) is 6.18 Å². The topological polar surface area (TPSA) is 64.3 Å². The quantitative estimate of drug-likeness (QED) is 0.539. The molecule has 26 heavy (non-hydrogen) atoms. The summed E-state index contributed by atoms with van der Waals surface area (Å²) >= 11 is 12.4. The molecule has 0 amide bonds. The highest BCUT2D eigenvalue weighted by molar-refractivity contribution is 6.45. The first-order valence-electron chi connectivity index (χ1n) is 7.24. The third-order valence-corrected chi connectivity index (χ3v) is 4.76. The molecular weight excluding hydrogens is 392 g/mol. The summed E-state index contributed by atoms with van der Waals surface area (Å²) in [6.45, 7) is 0. The number of rotatable bonds is 2. The zero-order chi connectivity index (χ0) is 18.6. The van der Waals surface area contributed by atoms with Crippen molar-refractivity contribution in [2.24, 2.45) is 7.05 Å². The lowest BCUT2D eigenvalue weighted by molar-refractivity contribution is -0.144. The highest BCUT2D eigenvalue weighted by atomic mass is 35.5. The molecule has 4 aromatic rings. The molecule has 3 aromatic heterocycles. The molecule has 134 valence electrons. The number of aryl methyl sites for hydroxylation is 1. The van der Waals surface area contributed by atoms with Gasteiger partial charge >= 0.3 is 6.18 Å². The van der Waals surface area contributed by atoms with Crippen LogP contribution in [0.25, 0.3) is 28.1 Å². The van der Waals surface area contributed by atoms with E-state index in [0.717, 1.165) is 0 Å². The Bertz CT molecular complexity index is 1110. The third-order valence-electron chi connectivity index (χ3n) is 3.96. The van der Waals surface area contributed by atoms with Gasteiger partial charge in [-0.3, -0.25) is 0 Å². The van der Waals surface area contributed by atoms with Gasteiger partial charge in [0.2, 0.25) is 5.82 Å². The van der Waals surface area contributed by atoms with Gasteiger partial charge in [-0.25, -0.2) is 4.98 Å². The number of alkyl halides is 3. The first-order chi connectivity index (χ1) is 12.3. The summed E-state index contributed by atoms with van der Waals surface area (Å²) in [5, 5.41) is 8.18. The van der Waals surface area contributed by atoms with E-state index in [4.69, 9.17) is 23.2 Å². The fourth-order valence-electron chi connectivity index (χ4n) is 2.88. The van der Waals surface area contributed by atoms with E-state index < -0.39 is 12.0 Å². The fourth-order valence-corrected chi connectivity index (χ4v) is 3.32. The van der Waals surface area contributed by atoms with Crippen molar-refractivity contribution in [3.8, 4) is 17.2 Å². The van der Waals surface area contributed by atoms with Gasteiger partial charge in [-0.05, 0) is 12.1 Å². The minimum absolute atomic E-state index is 0.0492. The maximum atomic E-state index is 12.9. The Morgan fingerprint density at radius 3 is 2.54 bits per heavy atom. The van der Waals surface area contributed by atoms with Crippen LogP contribution in [0.4, 0.5) is 13.2 Å². The van der Waals surface area contributed by atoms with Crippen LogP contribution in [-0.4, -0.2) is 29.3 Å². The van der Waals surface area contributed by atoms with Crippen molar-refractivity contribution in [3.63, 3.8) is 0 Å². The van der Waals surface area contributed by atoms with Crippen LogP contribution in [0.15, 0.2) is 30.9 Å². The molecule has 1 aromatic carbocycles. The van der Waals surface area contributed by atoms with Gasteiger partial charge in [-0.15, -0.1) is 10.2 Å². The van der Waals surface area contributed by atoms with E-state index in [0.29, 0.717) is 27.3 Å². The largest absolute Gasteiger partial charge is 0.451 e.